The molecule has 0 spiro atoms. The number of nitrogens with one attached hydrogen (secondary N) is 1. The molecule has 196 valence electrons. The van der Waals surface area contributed by atoms with Gasteiger partial charge in [0.1, 0.15) is 11.7 Å². The number of carbonyl (C=O) groups is 1. The fourth-order valence-corrected chi connectivity index (χ4v) is 5.16. The highest BCUT2D eigenvalue weighted by Crippen LogP contribution is 2.46. The van der Waals surface area contributed by atoms with Crippen LogP contribution >= 0.6 is 23.2 Å². The Bertz CT molecular complexity index is 1280. The molecule has 3 aromatic carbocycles. The molecular weight excluding hydrogens is 526 g/mol. The van der Waals surface area contributed by atoms with Gasteiger partial charge in [0.15, 0.2) is 11.6 Å². The molecular formula is C28H26Cl2F3NO3. The summed E-state index contributed by atoms with van der Waals surface area (Å²) in [6, 6.07) is 14.5. The van der Waals surface area contributed by atoms with Crippen molar-refractivity contribution >= 4 is 34.8 Å². The molecule has 0 aliphatic heterocycles. The molecule has 1 aliphatic carbocycles. The minimum Gasteiger partial charge on any atom is -0.479 e. The molecule has 0 aromatic heterocycles. The molecule has 1 unspecified atom stereocenters. The molecule has 0 radical (unpaired) electrons. The van der Waals surface area contributed by atoms with Crippen molar-refractivity contribution < 1.29 is 27.8 Å². The van der Waals surface area contributed by atoms with Crippen LogP contribution in [-0.4, -0.2) is 17.1 Å². The van der Waals surface area contributed by atoms with Gasteiger partial charge >= 0.3 is 0 Å². The maximum atomic E-state index is 15.0. The van der Waals surface area contributed by atoms with Gasteiger partial charge in [-0.2, -0.15) is 8.78 Å². The number of hydrogen-bond donors (Lipinski definition) is 2. The fraction of sp³-hybridized carbons (Fsp3) is 0.321. The highest BCUT2D eigenvalue weighted by molar-refractivity contribution is 6.35. The Hall–Kier alpha value is -2.74. The second-order valence-electron chi connectivity index (χ2n) is 9.29. The molecule has 1 aliphatic rings. The highest BCUT2D eigenvalue weighted by atomic mass is 35.5. The van der Waals surface area contributed by atoms with Gasteiger partial charge in [-0.3, -0.25) is 4.79 Å². The van der Waals surface area contributed by atoms with Crippen molar-refractivity contribution in [2.45, 2.75) is 56.7 Å². The number of carbonyl (C=O) groups excluding carboxylic acids is 1. The number of rotatable bonds is 8. The summed E-state index contributed by atoms with van der Waals surface area (Å²) >= 11 is 12.5. The highest BCUT2D eigenvalue weighted by Gasteiger charge is 2.40. The van der Waals surface area contributed by atoms with E-state index in [-0.39, 0.29) is 23.4 Å². The lowest BCUT2D eigenvalue weighted by atomic mass is 9.91. The molecule has 1 atom stereocenters. The van der Waals surface area contributed by atoms with Crippen LogP contribution in [-0.2, 0) is 22.7 Å². The van der Waals surface area contributed by atoms with Gasteiger partial charge in [0, 0.05) is 32.9 Å². The SMILES string of the molecule is CC(O)C(F)(F)c1ccc(CC(=O)Nc2ccc(OC3(c4ccc(Cl)cc4Cl)CCCC3)c(F)c2)cc1. The zero-order valence-electron chi connectivity index (χ0n) is 20.0. The van der Waals surface area contributed by atoms with E-state index in [0.717, 1.165) is 25.3 Å². The van der Waals surface area contributed by atoms with Crippen LogP contribution in [0.15, 0.2) is 60.7 Å². The maximum absolute atomic E-state index is 15.0. The third kappa shape index (κ3) is 6.06. The van der Waals surface area contributed by atoms with Crippen molar-refractivity contribution in [3.8, 4) is 5.75 Å². The summed E-state index contributed by atoms with van der Waals surface area (Å²) in [5.74, 6) is -4.43. The van der Waals surface area contributed by atoms with Crippen LogP contribution in [0, 0.1) is 5.82 Å². The molecule has 3 aromatic rings. The van der Waals surface area contributed by atoms with Crippen molar-refractivity contribution in [3.63, 3.8) is 0 Å². The van der Waals surface area contributed by atoms with E-state index in [2.05, 4.69) is 5.32 Å². The summed E-state index contributed by atoms with van der Waals surface area (Å²) in [6.45, 7) is 1.01. The van der Waals surface area contributed by atoms with E-state index in [9.17, 15) is 18.7 Å². The third-order valence-corrected chi connectivity index (χ3v) is 7.13. The van der Waals surface area contributed by atoms with Crippen LogP contribution in [0.5, 0.6) is 5.75 Å². The second-order valence-corrected chi connectivity index (χ2v) is 10.1. The monoisotopic (exact) mass is 551 g/mol. The molecule has 1 amide bonds. The first-order valence-electron chi connectivity index (χ1n) is 11.9. The Morgan fingerprint density at radius 1 is 1.08 bits per heavy atom. The number of benzene rings is 3. The summed E-state index contributed by atoms with van der Waals surface area (Å²) in [5, 5.41) is 12.8. The molecule has 0 bridgehead atoms. The predicted octanol–water partition coefficient (Wildman–Crippen LogP) is 7.63. The van der Waals surface area contributed by atoms with E-state index in [0.29, 0.717) is 28.5 Å². The Balaban J connectivity index is 1.44. The first-order chi connectivity index (χ1) is 17.5. The van der Waals surface area contributed by atoms with Crippen molar-refractivity contribution in [1.82, 2.24) is 0 Å². The third-order valence-electron chi connectivity index (χ3n) is 6.58. The zero-order valence-corrected chi connectivity index (χ0v) is 21.6. The van der Waals surface area contributed by atoms with Crippen LogP contribution in [0.25, 0.3) is 0 Å². The van der Waals surface area contributed by atoms with Gasteiger partial charge in [-0.25, -0.2) is 4.39 Å². The summed E-state index contributed by atoms with van der Waals surface area (Å²) < 4.78 is 49.1. The van der Waals surface area contributed by atoms with Crippen LogP contribution in [0.3, 0.4) is 0 Å². The number of ether oxygens (including phenoxy) is 1. The van der Waals surface area contributed by atoms with Gasteiger partial charge in [-0.15, -0.1) is 0 Å². The lowest BCUT2D eigenvalue weighted by Gasteiger charge is -2.32. The van der Waals surface area contributed by atoms with Crippen molar-refractivity contribution in [2.24, 2.45) is 0 Å². The molecule has 9 heteroatoms. The fourth-order valence-electron chi connectivity index (χ4n) is 4.58. The largest absolute Gasteiger partial charge is 0.479 e. The molecule has 4 nitrogen and oxygen atoms in total. The van der Waals surface area contributed by atoms with Crippen molar-refractivity contribution in [3.05, 3.63) is 93.2 Å². The Morgan fingerprint density at radius 2 is 1.76 bits per heavy atom. The van der Waals surface area contributed by atoms with Crippen molar-refractivity contribution in [1.29, 1.82) is 0 Å². The number of amides is 1. The van der Waals surface area contributed by atoms with Crippen LogP contribution in [0.4, 0.5) is 18.9 Å². The number of aliphatic hydroxyl groups excluding tert-OH is 1. The van der Waals surface area contributed by atoms with Crippen LogP contribution in [0.2, 0.25) is 10.0 Å². The van der Waals surface area contributed by atoms with Gasteiger partial charge in [-0.1, -0.05) is 53.5 Å². The quantitative estimate of drug-likeness (QED) is 0.302. The van der Waals surface area contributed by atoms with E-state index in [1.807, 2.05) is 0 Å². The number of alkyl halides is 2. The average molecular weight is 552 g/mol. The number of halogens is 5. The number of aliphatic hydroxyl groups is 1. The molecule has 0 heterocycles. The summed E-state index contributed by atoms with van der Waals surface area (Å²) in [4.78, 5) is 12.5. The Labute approximate surface area is 223 Å². The molecule has 1 fully saturated rings. The number of anilines is 1. The topological polar surface area (TPSA) is 58.6 Å². The first kappa shape index (κ1) is 27.3. The van der Waals surface area contributed by atoms with Gasteiger partial charge in [0.2, 0.25) is 5.91 Å². The average Bonchev–Trinajstić information content (AvgIpc) is 3.30. The van der Waals surface area contributed by atoms with E-state index in [1.165, 1.54) is 42.5 Å². The maximum Gasteiger partial charge on any atom is 0.298 e. The molecule has 1 saturated carbocycles. The van der Waals surface area contributed by atoms with E-state index in [1.54, 1.807) is 18.2 Å². The predicted molar refractivity (Wildman–Crippen MR) is 138 cm³/mol. The summed E-state index contributed by atoms with van der Waals surface area (Å²) in [7, 11) is 0. The minimum atomic E-state index is -3.39. The van der Waals surface area contributed by atoms with Gasteiger partial charge in [0.05, 0.1) is 6.42 Å². The summed E-state index contributed by atoms with van der Waals surface area (Å²) in [5.41, 5.74) is 0.363. The molecule has 0 saturated heterocycles. The minimum absolute atomic E-state index is 0.0422. The van der Waals surface area contributed by atoms with E-state index in [4.69, 9.17) is 27.9 Å². The lowest BCUT2D eigenvalue weighted by Crippen LogP contribution is -2.30. The Morgan fingerprint density at radius 3 is 2.35 bits per heavy atom. The molecule has 37 heavy (non-hydrogen) atoms. The van der Waals surface area contributed by atoms with Gasteiger partial charge < -0.3 is 15.2 Å². The van der Waals surface area contributed by atoms with E-state index >= 15 is 4.39 Å². The summed E-state index contributed by atoms with van der Waals surface area (Å²) in [6.07, 6.45) is 1.23. The lowest BCUT2D eigenvalue weighted by molar-refractivity contribution is -0.115. The smallest absolute Gasteiger partial charge is 0.298 e. The molecule has 4 rings (SSSR count). The van der Waals surface area contributed by atoms with Crippen LogP contribution < -0.4 is 10.1 Å². The Kier molecular flexibility index (Phi) is 8.07. The van der Waals surface area contributed by atoms with E-state index < -0.39 is 29.4 Å². The number of hydrogen-bond acceptors (Lipinski definition) is 3. The van der Waals surface area contributed by atoms with Crippen LogP contribution in [0.1, 0.15) is 49.3 Å². The van der Waals surface area contributed by atoms with Gasteiger partial charge in [-0.05, 0) is 62.4 Å². The van der Waals surface area contributed by atoms with Gasteiger partial charge in [0.25, 0.3) is 5.92 Å². The normalized spacial score (nSPS) is 15.9. The standard InChI is InChI=1S/C28H26Cl2F3NO3/c1-17(35)28(32,33)19-6-4-18(5-7-19)14-26(36)34-21-9-11-25(24(31)16-21)37-27(12-2-3-13-27)22-10-8-20(29)15-23(22)30/h4-11,15-17,35H,2-3,12-14H2,1H3,(H,34,36). The first-order valence-corrected chi connectivity index (χ1v) is 12.6. The zero-order chi connectivity index (χ0) is 26.8. The molecule has 2 N–H and O–H groups in total. The second kappa shape index (κ2) is 10.9. The van der Waals surface area contributed by atoms with Crippen molar-refractivity contribution in [2.75, 3.05) is 5.32 Å².